The third kappa shape index (κ3) is 4.34. The molecule has 0 saturated heterocycles. The van der Waals surface area contributed by atoms with Crippen LogP contribution >= 0.6 is 11.6 Å². The Morgan fingerprint density at radius 2 is 1.74 bits per heavy atom. The second kappa shape index (κ2) is 7.26. The maximum absolute atomic E-state index is 12.9. The van der Waals surface area contributed by atoms with Crippen LogP contribution in [-0.2, 0) is 27.8 Å². The number of anilines is 1. The Bertz CT molecular complexity index is 964. The third-order valence-corrected chi connectivity index (χ3v) is 6.69. The number of halogens is 1. The predicted molar refractivity (Wildman–Crippen MR) is 107 cm³/mol. The Hall–Kier alpha value is -1.89. The van der Waals surface area contributed by atoms with Gasteiger partial charge in [-0.15, -0.1) is 0 Å². The van der Waals surface area contributed by atoms with E-state index >= 15 is 0 Å². The number of benzene rings is 2. The van der Waals surface area contributed by atoms with Crippen LogP contribution in [0.3, 0.4) is 0 Å². The maximum Gasteiger partial charge on any atom is 0.243 e. The molecule has 0 unspecified atom stereocenters. The standard InChI is InChI=1S/C20H23ClN2O3S/c1-20(2,3)19(24)22-17-7-4-14-10-11-23(13-15(14)12-17)27(25,26)18-8-5-16(21)6-9-18/h4-9,12H,10-11,13H2,1-3H3,(H,22,24). The van der Waals surface area contributed by atoms with Gasteiger partial charge in [-0.2, -0.15) is 4.31 Å². The van der Waals surface area contributed by atoms with Crippen LogP contribution in [0.25, 0.3) is 0 Å². The summed E-state index contributed by atoms with van der Waals surface area (Å²) in [5.41, 5.74) is 2.19. The minimum Gasteiger partial charge on any atom is -0.326 e. The molecule has 2 aromatic rings. The zero-order valence-electron chi connectivity index (χ0n) is 15.6. The van der Waals surface area contributed by atoms with E-state index in [0.29, 0.717) is 23.7 Å². The maximum atomic E-state index is 12.9. The van der Waals surface area contributed by atoms with E-state index in [2.05, 4.69) is 5.32 Å². The van der Waals surface area contributed by atoms with Gasteiger partial charge in [0.05, 0.1) is 4.90 Å². The summed E-state index contributed by atoms with van der Waals surface area (Å²) in [6, 6.07) is 11.9. The van der Waals surface area contributed by atoms with Crippen LogP contribution in [0.4, 0.5) is 5.69 Å². The van der Waals surface area contributed by atoms with Gasteiger partial charge in [-0.1, -0.05) is 38.4 Å². The summed E-state index contributed by atoms with van der Waals surface area (Å²) in [6.45, 7) is 6.24. The number of nitrogens with one attached hydrogen (secondary N) is 1. The molecule has 5 nitrogen and oxygen atoms in total. The summed E-state index contributed by atoms with van der Waals surface area (Å²) in [5.74, 6) is -0.0797. The number of carbonyl (C=O) groups is 1. The Morgan fingerprint density at radius 3 is 2.37 bits per heavy atom. The number of fused-ring (bicyclic) bond motifs is 1. The van der Waals surface area contributed by atoms with Crippen LogP contribution < -0.4 is 5.32 Å². The van der Waals surface area contributed by atoms with Crippen LogP contribution in [0.2, 0.25) is 5.02 Å². The van der Waals surface area contributed by atoms with Crippen molar-refractivity contribution in [1.29, 1.82) is 0 Å². The highest BCUT2D eigenvalue weighted by atomic mass is 35.5. The van der Waals surface area contributed by atoms with Crippen molar-refractivity contribution >= 4 is 33.2 Å². The number of carbonyl (C=O) groups excluding carboxylic acids is 1. The zero-order valence-corrected chi connectivity index (χ0v) is 17.2. The van der Waals surface area contributed by atoms with Crippen molar-refractivity contribution in [3.05, 3.63) is 58.6 Å². The van der Waals surface area contributed by atoms with Crippen molar-refractivity contribution in [1.82, 2.24) is 4.31 Å². The third-order valence-electron chi connectivity index (χ3n) is 4.57. The second-order valence-electron chi connectivity index (χ2n) is 7.73. The molecule has 1 N–H and O–H groups in total. The molecule has 1 heterocycles. The van der Waals surface area contributed by atoms with Gasteiger partial charge < -0.3 is 5.32 Å². The van der Waals surface area contributed by atoms with E-state index in [1.54, 1.807) is 12.1 Å². The van der Waals surface area contributed by atoms with Crippen molar-refractivity contribution in [2.75, 3.05) is 11.9 Å². The summed E-state index contributed by atoms with van der Waals surface area (Å²) in [4.78, 5) is 12.4. The van der Waals surface area contributed by atoms with Gasteiger partial charge in [0.2, 0.25) is 15.9 Å². The molecule has 0 spiro atoms. The quantitative estimate of drug-likeness (QED) is 0.835. The van der Waals surface area contributed by atoms with Gasteiger partial charge in [-0.3, -0.25) is 4.79 Å². The van der Waals surface area contributed by atoms with E-state index in [4.69, 9.17) is 11.6 Å². The van der Waals surface area contributed by atoms with Crippen molar-refractivity contribution < 1.29 is 13.2 Å². The lowest BCUT2D eigenvalue weighted by Gasteiger charge is -2.28. The molecule has 0 fully saturated rings. The molecule has 1 aliphatic rings. The van der Waals surface area contributed by atoms with Crippen molar-refractivity contribution in [3.8, 4) is 0 Å². The average Bonchev–Trinajstić information content (AvgIpc) is 2.60. The number of hydrogen-bond donors (Lipinski definition) is 1. The lowest BCUT2D eigenvalue weighted by molar-refractivity contribution is -0.123. The molecule has 0 saturated carbocycles. The van der Waals surface area contributed by atoms with Gasteiger partial charge in [0, 0.05) is 29.2 Å². The Balaban J connectivity index is 1.83. The van der Waals surface area contributed by atoms with Gasteiger partial charge in [0.1, 0.15) is 0 Å². The Morgan fingerprint density at radius 1 is 1.07 bits per heavy atom. The fourth-order valence-electron chi connectivity index (χ4n) is 2.89. The molecule has 0 aromatic heterocycles. The fraction of sp³-hybridized carbons (Fsp3) is 0.350. The minimum atomic E-state index is -3.59. The molecular weight excluding hydrogens is 384 g/mol. The van der Waals surface area contributed by atoms with Crippen LogP contribution in [0.5, 0.6) is 0 Å². The van der Waals surface area contributed by atoms with Crippen molar-refractivity contribution in [2.45, 2.75) is 38.6 Å². The van der Waals surface area contributed by atoms with Gasteiger partial charge in [-0.25, -0.2) is 8.42 Å². The van der Waals surface area contributed by atoms with Gasteiger partial charge in [0.25, 0.3) is 0 Å². The van der Waals surface area contributed by atoms with E-state index in [0.717, 1.165) is 11.1 Å². The number of rotatable bonds is 3. The molecule has 0 radical (unpaired) electrons. The molecule has 7 heteroatoms. The summed E-state index contributed by atoms with van der Waals surface area (Å²) in [7, 11) is -3.59. The molecule has 0 bridgehead atoms. The fourth-order valence-corrected chi connectivity index (χ4v) is 4.43. The molecule has 3 rings (SSSR count). The molecule has 1 amide bonds. The van der Waals surface area contributed by atoms with E-state index in [1.807, 2.05) is 39.0 Å². The monoisotopic (exact) mass is 406 g/mol. The minimum absolute atomic E-state index is 0.0797. The molecule has 1 aliphatic heterocycles. The van der Waals surface area contributed by atoms with Crippen LogP contribution in [-0.4, -0.2) is 25.2 Å². The van der Waals surface area contributed by atoms with Crippen molar-refractivity contribution in [3.63, 3.8) is 0 Å². The number of sulfonamides is 1. The van der Waals surface area contributed by atoms with E-state index in [9.17, 15) is 13.2 Å². The molecule has 0 atom stereocenters. The largest absolute Gasteiger partial charge is 0.326 e. The number of nitrogens with zero attached hydrogens (tertiary/aromatic N) is 1. The van der Waals surface area contributed by atoms with E-state index in [-0.39, 0.29) is 17.3 Å². The topological polar surface area (TPSA) is 66.5 Å². The molecular formula is C20H23ClN2O3S. The Labute approximate surface area is 165 Å². The summed E-state index contributed by atoms with van der Waals surface area (Å²) >= 11 is 5.86. The Kier molecular flexibility index (Phi) is 5.34. The molecule has 0 aliphatic carbocycles. The van der Waals surface area contributed by atoms with Crippen LogP contribution in [0.1, 0.15) is 31.9 Å². The molecule has 2 aromatic carbocycles. The SMILES string of the molecule is CC(C)(C)C(=O)Nc1ccc2c(c1)CN(S(=O)(=O)c1ccc(Cl)cc1)CC2. The summed E-state index contributed by atoms with van der Waals surface area (Å²) < 4.78 is 27.3. The first-order valence-corrected chi connectivity index (χ1v) is 10.6. The predicted octanol–water partition coefficient (Wildman–Crippen LogP) is 4.07. The lowest BCUT2D eigenvalue weighted by atomic mass is 9.95. The highest BCUT2D eigenvalue weighted by molar-refractivity contribution is 7.89. The summed E-state index contributed by atoms with van der Waals surface area (Å²) in [5, 5.41) is 3.40. The smallest absolute Gasteiger partial charge is 0.243 e. The van der Waals surface area contributed by atoms with Crippen molar-refractivity contribution in [2.24, 2.45) is 5.41 Å². The first kappa shape index (κ1) is 19.9. The van der Waals surface area contributed by atoms with Gasteiger partial charge in [-0.05, 0) is 53.9 Å². The first-order chi connectivity index (χ1) is 12.6. The van der Waals surface area contributed by atoms with Gasteiger partial charge in [0.15, 0.2) is 0 Å². The highest BCUT2D eigenvalue weighted by Crippen LogP contribution is 2.28. The van der Waals surface area contributed by atoms with Crippen LogP contribution in [0, 0.1) is 5.41 Å². The second-order valence-corrected chi connectivity index (χ2v) is 10.1. The normalized spacial score (nSPS) is 15.3. The van der Waals surface area contributed by atoms with E-state index < -0.39 is 15.4 Å². The highest BCUT2D eigenvalue weighted by Gasteiger charge is 2.29. The molecule has 144 valence electrons. The number of hydrogen-bond acceptors (Lipinski definition) is 3. The zero-order chi connectivity index (χ0) is 19.8. The molecule has 27 heavy (non-hydrogen) atoms. The van der Waals surface area contributed by atoms with Crippen LogP contribution in [0.15, 0.2) is 47.4 Å². The lowest BCUT2D eigenvalue weighted by Crippen LogP contribution is -2.36. The first-order valence-electron chi connectivity index (χ1n) is 8.76. The average molecular weight is 407 g/mol. The van der Waals surface area contributed by atoms with Gasteiger partial charge >= 0.3 is 0 Å². The summed E-state index contributed by atoms with van der Waals surface area (Å²) in [6.07, 6.45) is 0.635. The van der Waals surface area contributed by atoms with E-state index in [1.165, 1.54) is 16.4 Å². The number of amides is 1.